The Bertz CT molecular complexity index is 708. The molecule has 1 aromatic rings. The molecule has 2 atom stereocenters. The van der Waals surface area contributed by atoms with Gasteiger partial charge >= 0.3 is 0 Å². The molecule has 25 heavy (non-hydrogen) atoms. The molecule has 2 fully saturated rings. The van der Waals surface area contributed by atoms with E-state index >= 15 is 0 Å². The number of aliphatic imine (C=N–C) groups is 1. The lowest BCUT2D eigenvalue weighted by atomic mass is 10.2. The van der Waals surface area contributed by atoms with Crippen LogP contribution in [0.4, 0.5) is 5.69 Å². The summed E-state index contributed by atoms with van der Waals surface area (Å²) in [7, 11) is 0. The summed E-state index contributed by atoms with van der Waals surface area (Å²) < 4.78 is 5.50. The minimum atomic E-state index is -0.494. The Hall–Kier alpha value is -1.28. The highest BCUT2D eigenvalue weighted by Gasteiger charge is 2.32. The van der Waals surface area contributed by atoms with Crippen molar-refractivity contribution in [3.05, 3.63) is 28.2 Å². The number of carbonyl (C=O) groups excluding carboxylic acids is 2. The molecule has 0 aromatic heterocycles. The molecular weight excluding hydrogens is 385 g/mol. The van der Waals surface area contributed by atoms with E-state index < -0.39 is 5.25 Å². The minimum absolute atomic E-state index is 0.0513. The first-order valence-electron chi connectivity index (χ1n) is 7.90. The van der Waals surface area contributed by atoms with Crippen LogP contribution in [0, 0.1) is 0 Å². The average molecular weight is 402 g/mol. The molecule has 2 aliphatic rings. The van der Waals surface area contributed by atoms with E-state index in [0.717, 1.165) is 19.4 Å². The van der Waals surface area contributed by atoms with Crippen LogP contribution in [0.5, 0.6) is 0 Å². The molecule has 0 radical (unpaired) electrons. The van der Waals surface area contributed by atoms with Crippen LogP contribution in [0.15, 0.2) is 23.2 Å². The monoisotopic (exact) mass is 401 g/mol. The maximum Gasteiger partial charge on any atom is 0.240 e. The zero-order valence-electron chi connectivity index (χ0n) is 13.3. The summed E-state index contributed by atoms with van der Waals surface area (Å²) in [5, 5.41) is 6.25. The summed E-state index contributed by atoms with van der Waals surface area (Å²) in [6.45, 7) is 1.30. The fraction of sp³-hybridized carbons (Fsp3) is 0.438. The highest BCUT2D eigenvalue weighted by molar-refractivity contribution is 8.15. The van der Waals surface area contributed by atoms with Crippen molar-refractivity contribution in [1.29, 1.82) is 0 Å². The molecule has 134 valence electrons. The van der Waals surface area contributed by atoms with Crippen LogP contribution in [0.3, 0.4) is 0 Å². The number of hydrogen-bond donors (Lipinski definition) is 2. The van der Waals surface area contributed by atoms with Crippen LogP contribution >= 0.6 is 35.0 Å². The third-order valence-electron chi connectivity index (χ3n) is 3.81. The third-order valence-corrected chi connectivity index (χ3v) is 5.67. The second kappa shape index (κ2) is 8.40. The van der Waals surface area contributed by atoms with Gasteiger partial charge in [-0.05, 0) is 31.0 Å². The van der Waals surface area contributed by atoms with Gasteiger partial charge in [0.2, 0.25) is 11.8 Å². The average Bonchev–Trinajstić information content (AvgIpc) is 3.19. The molecular formula is C16H17Cl2N3O3S. The fourth-order valence-electron chi connectivity index (χ4n) is 2.54. The molecule has 2 unspecified atom stereocenters. The van der Waals surface area contributed by atoms with Gasteiger partial charge in [-0.3, -0.25) is 14.6 Å². The predicted molar refractivity (Wildman–Crippen MR) is 101 cm³/mol. The number of hydrogen-bond acceptors (Lipinski definition) is 5. The van der Waals surface area contributed by atoms with Crippen LogP contribution in [-0.2, 0) is 14.3 Å². The van der Waals surface area contributed by atoms with E-state index in [-0.39, 0.29) is 24.3 Å². The number of amides is 2. The Kier molecular flexibility index (Phi) is 6.22. The van der Waals surface area contributed by atoms with Crippen molar-refractivity contribution >= 4 is 57.6 Å². The normalized spacial score (nSPS) is 24.6. The second-order valence-electron chi connectivity index (χ2n) is 5.76. The Morgan fingerprint density at radius 1 is 1.40 bits per heavy atom. The molecule has 0 saturated carbocycles. The first kappa shape index (κ1) is 18.5. The van der Waals surface area contributed by atoms with Gasteiger partial charge in [0.05, 0.1) is 22.7 Å². The van der Waals surface area contributed by atoms with E-state index in [4.69, 9.17) is 27.9 Å². The van der Waals surface area contributed by atoms with E-state index in [0.29, 0.717) is 27.4 Å². The zero-order chi connectivity index (χ0) is 17.8. The predicted octanol–water partition coefficient (Wildman–Crippen LogP) is 3.09. The number of thioether (sulfide) groups is 1. The molecule has 9 heteroatoms. The van der Waals surface area contributed by atoms with E-state index in [1.165, 1.54) is 11.8 Å². The van der Waals surface area contributed by atoms with Gasteiger partial charge in [0.1, 0.15) is 5.25 Å². The summed E-state index contributed by atoms with van der Waals surface area (Å²) in [5.41, 5.74) is 0.537. The number of nitrogens with one attached hydrogen (secondary N) is 2. The molecule has 0 aliphatic carbocycles. The molecule has 0 spiro atoms. The maximum atomic E-state index is 12.1. The molecule has 1 aromatic carbocycles. The summed E-state index contributed by atoms with van der Waals surface area (Å²) in [5.74, 6) is -0.480. The topological polar surface area (TPSA) is 79.8 Å². The Balaban J connectivity index is 1.51. The number of nitrogens with zero attached hydrogens (tertiary/aromatic N) is 1. The summed E-state index contributed by atoms with van der Waals surface area (Å²) in [6.07, 6.45) is 2.22. The second-order valence-corrected chi connectivity index (χ2v) is 7.76. The van der Waals surface area contributed by atoms with Gasteiger partial charge in [-0.1, -0.05) is 35.0 Å². The molecule has 3 rings (SSSR count). The lowest BCUT2D eigenvalue weighted by molar-refractivity contribution is -0.122. The molecule has 6 nitrogen and oxygen atoms in total. The van der Waals surface area contributed by atoms with Crippen LogP contribution < -0.4 is 10.6 Å². The number of benzene rings is 1. The lowest BCUT2D eigenvalue weighted by Gasteiger charge is -2.08. The van der Waals surface area contributed by atoms with Crippen molar-refractivity contribution in [3.8, 4) is 0 Å². The van der Waals surface area contributed by atoms with Crippen LogP contribution in [-0.4, -0.2) is 41.5 Å². The summed E-state index contributed by atoms with van der Waals surface area (Å²) in [6, 6.07) is 4.83. The Labute approximate surface area is 159 Å². The Morgan fingerprint density at radius 3 is 2.96 bits per heavy atom. The van der Waals surface area contributed by atoms with Crippen LogP contribution in [0.25, 0.3) is 0 Å². The highest BCUT2D eigenvalue weighted by Crippen LogP contribution is 2.26. The molecule has 2 saturated heterocycles. The van der Waals surface area contributed by atoms with Crippen molar-refractivity contribution in [2.24, 2.45) is 4.99 Å². The maximum absolute atomic E-state index is 12.1. The number of amidine groups is 1. The Morgan fingerprint density at radius 2 is 2.24 bits per heavy atom. The fourth-order valence-corrected chi connectivity index (χ4v) is 3.82. The largest absolute Gasteiger partial charge is 0.376 e. The van der Waals surface area contributed by atoms with Gasteiger partial charge in [0.15, 0.2) is 5.17 Å². The SMILES string of the molecule is O=C(CC1SC(=NCC2CCCO2)NC1=O)Nc1ccc(Cl)c(Cl)c1. The van der Waals surface area contributed by atoms with Crippen molar-refractivity contribution in [2.75, 3.05) is 18.5 Å². The summed E-state index contributed by atoms with van der Waals surface area (Å²) >= 11 is 13.0. The molecule has 2 N–H and O–H groups in total. The first-order chi connectivity index (χ1) is 12.0. The van der Waals surface area contributed by atoms with Crippen molar-refractivity contribution in [1.82, 2.24) is 5.32 Å². The molecule has 2 aliphatic heterocycles. The van der Waals surface area contributed by atoms with E-state index in [1.807, 2.05) is 0 Å². The lowest BCUT2D eigenvalue weighted by Crippen LogP contribution is -2.28. The quantitative estimate of drug-likeness (QED) is 0.794. The van der Waals surface area contributed by atoms with Gasteiger partial charge in [-0.15, -0.1) is 0 Å². The minimum Gasteiger partial charge on any atom is -0.376 e. The number of halogens is 2. The van der Waals surface area contributed by atoms with Crippen molar-refractivity contribution in [2.45, 2.75) is 30.6 Å². The van der Waals surface area contributed by atoms with Gasteiger partial charge in [-0.25, -0.2) is 0 Å². The van der Waals surface area contributed by atoms with Crippen molar-refractivity contribution < 1.29 is 14.3 Å². The molecule has 2 heterocycles. The van der Waals surface area contributed by atoms with Gasteiger partial charge in [-0.2, -0.15) is 0 Å². The number of ether oxygens (including phenoxy) is 1. The van der Waals surface area contributed by atoms with Gasteiger partial charge in [0.25, 0.3) is 0 Å². The smallest absolute Gasteiger partial charge is 0.240 e. The van der Waals surface area contributed by atoms with Crippen LogP contribution in [0.2, 0.25) is 10.0 Å². The molecule has 2 amide bonds. The summed E-state index contributed by atoms with van der Waals surface area (Å²) in [4.78, 5) is 28.5. The standard InChI is InChI=1S/C16H17Cl2N3O3S/c17-11-4-3-9(6-12(11)18)20-14(22)7-13-15(23)21-16(25-13)19-8-10-2-1-5-24-10/h3-4,6,10,13H,1-2,5,7-8H2,(H,20,22)(H,19,21,23). The van der Waals surface area contributed by atoms with Crippen molar-refractivity contribution in [3.63, 3.8) is 0 Å². The molecule has 0 bridgehead atoms. The first-order valence-corrected chi connectivity index (χ1v) is 9.53. The van der Waals surface area contributed by atoms with E-state index in [2.05, 4.69) is 15.6 Å². The van der Waals surface area contributed by atoms with Gasteiger partial charge in [0, 0.05) is 18.7 Å². The van der Waals surface area contributed by atoms with E-state index in [1.54, 1.807) is 18.2 Å². The number of carbonyl (C=O) groups is 2. The number of anilines is 1. The highest BCUT2D eigenvalue weighted by atomic mass is 35.5. The number of rotatable bonds is 5. The zero-order valence-corrected chi connectivity index (χ0v) is 15.6. The van der Waals surface area contributed by atoms with Crippen LogP contribution in [0.1, 0.15) is 19.3 Å². The van der Waals surface area contributed by atoms with Gasteiger partial charge < -0.3 is 15.4 Å². The third kappa shape index (κ3) is 5.10. The van der Waals surface area contributed by atoms with E-state index in [9.17, 15) is 9.59 Å².